The molecule has 0 radical (unpaired) electrons. The van der Waals surface area contributed by atoms with Crippen LogP contribution in [0, 0.1) is 0 Å². The molecule has 0 fully saturated rings. The first kappa shape index (κ1) is 36.4. The fraction of sp³-hybridized carbons (Fsp3) is 0.123. The van der Waals surface area contributed by atoms with Gasteiger partial charge in [0, 0.05) is 45.0 Å². The maximum Gasteiger partial charge on any atom is 0.0465 e. The molecule has 0 bridgehead atoms. The Morgan fingerprint density at radius 2 is 0.831 bits per heavy atom. The van der Waals surface area contributed by atoms with Gasteiger partial charge in [-0.15, -0.1) is 0 Å². The van der Waals surface area contributed by atoms with Gasteiger partial charge in [-0.25, -0.2) is 0 Å². The molecule has 0 aliphatic heterocycles. The van der Waals surface area contributed by atoms with Gasteiger partial charge in [0.25, 0.3) is 0 Å². The third kappa shape index (κ3) is 6.55. The highest BCUT2D eigenvalue weighted by Gasteiger charge is 2.36. The molecule has 2 aliphatic rings. The molecule has 10 rings (SSSR count). The van der Waals surface area contributed by atoms with E-state index in [1.807, 2.05) is 0 Å². The molecule has 0 saturated carbocycles. The quantitative estimate of drug-likeness (QED) is 0.135. The number of benzene rings is 8. The highest BCUT2D eigenvalue weighted by molar-refractivity contribution is 5.86. The summed E-state index contributed by atoms with van der Waals surface area (Å²) in [5, 5.41) is 0. The largest absolute Gasteiger partial charge is 0.311 e. The van der Waals surface area contributed by atoms with E-state index in [9.17, 15) is 0 Å². The van der Waals surface area contributed by atoms with Crippen LogP contribution < -0.4 is 9.80 Å². The third-order valence-corrected chi connectivity index (χ3v) is 12.7. The van der Waals surface area contributed by atoms with Gasteiger partial charge in [0.15, 0.2) is 0 Å². The Morgan fingerprint density at radius 1 is 0.390 bits per heavy atom. The number of hydrogen-bond donors (Lipinski definition) is 0. The van der Waals surface area contributed by atoms with Gasteiger partial charge >= 0.3 is 0 Å². The van der Waals surface area contributed by atoms with E-state index in [1.54, 1.807) is 0 Å². The molecule has 2 heteroatoms. The summed E-state index contributed by atoms with van der Waals surface area (Å²) in [7, 11) is 0. The van der Waals surface area contributed by atoms with Crippen LogP contribution in [0.2, 0.25) is 0 Å². The van der Waals surface area contributed by atoms with Crippen molar-refractivity contribution in [3.63, 3.8) is 0 Å². The average Bonchev–Trinajstić information content (AvgIpc) is 3.53. The highest BCUT2D eigenvalue weighted by atomic mass is 15.1. The maximum absolute atomic E-state index is 2.47. The standard InChI is InChI=1S/C57H48N2/c1-56(2)54-24-14-13-23-52(54)53-38-37-51(41-55(53)56)59(47-21-11-5-12-22-47)50-35-29-45(30-36-50)57(39-15-6-16-40-57)44-27-33-49(34-28-44)58(46-19-9-4-10-20-46)48-31-25-43(26-32-48)42-17-7-3-8-18-42/h3-5,7-15,17-39,41H,6,16,40H2,1-2H3. The van der Waals surface area contributed by atoms with Gasteiger partial charge in [0.1, 0.15) is 0 Å². The monoisotopic (exact) mass is 760 g/mol. The van der Waals surface area contributed by atoms with Crippen molar-refractivity contribution in [3.05, 3.63) is 241 Å². The molecule has 1 atom stereocenters. The second-order valence-electron chi connectivity index (χ2n) is 16.5. The first-order valence-corrected chi connectivity index (χ1v) is 21.0. The minimum atomic E-state index is -0.217. The molecule has 0 saturated heterocycles. The Bertz CT molecular complexity index is 2730. The number of para-hydroxylation sites is 2. The molecule has 0 aromatic heterocycles. The molecule has 0 amide bonds. The highest BCUT2D eigenvalue weighted by Crippen LogP contribution is 2.51. The lowest BCUT2D eigenvalue weighted by molar-refractivity contribution is 0.530. The van der Waals surface area contributed by atoms with Crippen molar-refractivity contribution in [2.24, 2.45) is 0 Å². The van der Waals surface area contributed by atoms with Crippen LogP contribution in [0.15, 0.2) is 218 Å². The van der Waals surface area contributed by atoms with E-state index >= 15 is 0 Å². The Morgan fingerprint density at radius 3 is 1.39 bits per heavy atom. The van der Waals surface area contributed by atoms with Gasteiger partial charge in [-0.05, 0) is 137 Å². The topological polar surface area (TPSA) is 6.48 Å². The predicted octanol–water partition coefficient (Wildman–Crippen LogP) is 15.6. The van der Waals surface area contributed by atoms with Crippen LogP contribution in [0.3, 0.4) is 0 Å². The third-order valence-electron chi connectivity index (χ3n) is 12.7. The van der Waals surface area contributed by atoms with Gasteiger partial charge in [0.05, 0.1) is 0 Å². The molecule has 286 valence electrons. The fourth-order valence-electron chi connectivity index (χ4n) is 9.64. The van der Waals surface area contributed by atoms with Gasteiger partial charge in [-0.1, -0.05) is 159 Å². The van der Waals surface area contributed by atoms with Gasteiger partial charge < -0.3 is 9.80 Å². The molecule has 2 nitrogen and oxygen atoms in total. The SMILES string of the molecule is CC1(C)c2ccccc2-c2ccc(N(c3ccccc3)c3ccc(C4(c5ccc(N(c6ccccc6)c6ccc(-c7ccccc7)cc6)cc5)C=CCCC4)cc3)cc21. The van der Waals surface area contributed by atoms with E-state index in [2.05, 4.69) is 242 Å². The molecule has 1 unspecified atom stereocenters. The van der Waals surface area contributed by atoms with Gasteiger partial charge in [-0.3, -0.25) is 0 Å². The lowest BCUT2D eigenvalue weighted by Crippen LogP contribution is -2.27. The zero-order valence-electron chi connectivity index (χ0n) is 33.8. The second kappa shape index (κ2) is 15.1. The van der Waals surface area contributed by atoms with Crippen LogP contribution >= 0.6 is 0 Å². The normalized spacial score (nSPS) is 16.2. The van der Waals surface area contributed by atoms with Gasteiger partial charge in [-0.2, -0.15) is 0 Å². The molecule has 0 N–H and O–H groups in total. The summed E-state index contributed by atoms with van der Waals surface area (Å²) in [6.07, 6.45) is 8.17. The van der Waals surface area contributed by atoms with Crippen molar-refractivity contribution in [1.29, 1.82) is 0 Å². The van der Waals surface area contributed by atoms with Crippen molar-refractivity contribution in [2.45, 2.75) is 43.9 Å². The number of allylic oxidation sites excluding steroid dienone is 2. The minimum Gasteiger partial charge on any atom is -0.311 e. The Kier molecular flexibility index (Phi) is 9.34. The van der Waals surface area contributed by atoms with Crippen LogP contribution in [0.1, 0.15) is 55.4 Å². The van der Waals surface area contributed by atoms with Crippen LogP contribution in [0.25, 0.3) is 22.3 Å². The van der Waals surface area contributed by atoms with E-state index in [4.69, 9.17) is 0 Å². The van der Waals surface area contributed by atoms with E-state index in [1.165, 1.54) is 50.2 Å². The minimum absolute atomic E-state index is 0.0749. The summed E-state index contributed by atoms with van der Waals surface area (Å²) in [5.41, 5.74) is 17.1. The smallest absolute Gasteiger partial charge is 0.0465 e. The number of hydrogen-bond acceptors (Lipinski definition) is 2. The van der Waals surface area contributed by atoms with Crippen molar-refractivity contribution in [3.8, 4) is 22.3 Å². The van der Waals surface area contributed by atoms with Crippen molar-refractivity contribution < 1.29 is 0 Å². The Hall–Kier alpha value is -6.90. The molecular weight excluding hydrogens is 713 g/mol. The molecular formula is C57H48N2. The number of rotatable bonds is 9. The van der Waals surface area contributed by atoms with Crippen molar-refractivity contribution >= 4 is 34.1 Å². The zero-order valence-corrected chi connectivity index (χ0v) is 33.8. The molecule has 0 heterocycles. The summed E-state index contributed by atoms with van der Waals surface area (Å²) in [5.74, 6) is 0. The summed E-state index contributed by atoms with van der Waals surface area (Å²) in [6.45, 7) is 4.71. The second-order valence-corrected chi connectivity index (χ2v) is 16.5. The fourth-order valence-corrected chi connectivity index (χ4v) is 9.64. The van der Waals surface area contributed by atoms with Crippen molar-refractivity contribution in [2.75, 3.05) is 9.80 Å². The number of anilines is 6. The first-order chi connectivity index (χ1) is 29.0. The van der Waals surface area contributed by atoms with E-state index < -0.39 is 0 Å². The number of nitrogens with zero attached hydrogens (tertiary/aromatic N) is 2. The molecule has 0 spiro atoms. The van der Waals surface area contributed by atoms with Crippen molar-refractivity contribution in [1.82, 2.24) is 0 Å². The maximum atomic E-state index is 2.47. The van der Waals surface area contributed by atoms with Gasteiger partial charge in [0.2, 0.25) is 0 Å². The summed E-state index contributed by atoms with van der Waals surface area (Å²) in [4.78, 5) is 4.76. The van der Waals surface area contributed by atoms with Crippen LogP contribution in [-0.4, -0.2) is 0 Å². The Labute approximate surface area is 349 Å². The summed E-state index contributed by atoms with van der Waals surface area (Å²) >= 11 is 0. The van der Waals surface area contributed by atoms with E-state index in [0.717, 1.165) is 47.7 Å². The van der Waals surface area contributed by atoms with E-state index in [0.29, 0.717) is 0 Å². The molecule has 2 aliphatic carbocycles. The van der Waals surface area contributed by atoms with Crippen LogP contribution in [0.5, 0.6) is 0 Å². The summed E-state index contributed by atoms with van der Waals surface area (Å²) < 4.78 is 0. The van der Waals surface area contributed by atoms with Crippen LogP contribution in [-0.2, 0) is 10.8 Å². The summed E-state index contributed by atoms with van der Waals surface area (Å²) in [6, 6.07) is 75.6. The molecule has 8 aromatic rings. The zero-order chi connectivity index (χ0) is 39.8. The Balaban J connectivity index is 0.999. The lowest BCUT2D eigenvalue weighted by atomic mass is 9.69. The average molecular weight is 761 g/mol. The van der Waals surface area contributed by atoms with Crippen LogP contribution in [0.4, 0.5) is 34.1 Å². The first-order valence-electron chi connectivity index (χ1n) is 21.0. The lowest BCUT2D eigenvalue weighted by Gasteiger charge is -2.36. The predicted molar refractivity (Wildman–Crippen MR) is 249 cm³/mol. The molecule has 8 aromatic carbocycles. The number of fused-ring (bicyclic) bond motifs is 3. The van der Waals surface area contributed by atoms with E-state index in [-0.39, 0.29) is 10.8 Å². The molecule has 59 heavy (non-hydrogen) atoms.